The maximum atomic E-state index is 10.7. The lowest BCUT2D eigenvalue weighted by atomic mass is 10.3. The van der Waals surface area contributed by atoms with Crippen molar-refractivity contribution in [1.29, 1.82) is 0 Å². The number of rotatable bonds is 8. The third kappa shape index (κ3) is 5.94. The van der Waals surface area contributed by atoms with E-state index in [1.165, 1.54) is 36.4 Å². The summed E-state index contributed by atoms with van der Waals surface area (Å²) in [4.78, 5) is 12.2. The van der Waals surface area contributed by atoms with Crippen molar-refractivity contribution in [2.75, 3.05) is 5.75 Å². The smallest absolute Gasteiger partial charge is 0.345 e. The van der Waals surface area contributed by atoms with Crippen molar-refractivity contribution in [2.45, 2.75) is 32.6 Å². The molecule has 4 heteroatoms. The first-order chi connectivity index (χ1) is 8.24. The molecule has 0 aliphatic rings. The van der Waals surface area contributed by atoms with E-state index in [1.54, 1.807) is 6.07 Å². The SMILES string of the molecule is CCCCCSC=CCc1ccc(C(=O)O)s1. The average Bonchev–Trinajstić information content (AvgIpc) is 2.77. The third-order valence-electron chi connectivity index (χ3n) is 2.25. The summed E-state index contributed by atoms with van der Waals surface area (Å²) in [6, 6.07) is 3.56. The van der Waals surface area contributed by atoms with E-state index in [0.717, 1.165) is 11.3 Å². The molecule has 0 aromatic carbocycles. The zero-order valence-electron chi connectivity index (χ0n) is 10.0. The Morgan fingerprint density at radius 2 is 2.29 bits per heavy atom. The normalized spacial score (nSPS) is 11.1. The van der Waals surface area contributed by atoms with Crippen molar-refractivity contribution in [3.05, 3.63) is 33.4 Å². The molecule has 0 fully saturated rings. The molecule has 94 valence electrons. The second-order valence-electron chi connectivity index (χ2n) is 3.72. The molecule has 0 saturated heterocycles. The summed E-state index contributed by atoms with van der Waals surface area (Å²) < 4.78 is 0. The van der Waals surface area contributed by atoms with E-state index in [0.29, 0.717) is 4.88 Å². The fourth-order valence-corrected chi connectivity index (χ4v) is 2.90. The van der Waals surface area contributed by atoms with Crippen LogP contribution in [-0.2, 0) is 6.42 Å². The molecule has 0 radical (unpaired) electrons. The van der Waals surface area contributed by atoms with Crippen LogP contribution in [0.25, 0.3) is 0 Å². The zero-order valence-corrected chi connectivity index (χ0v) is 11.6. The van der Waals surface area contributed by atoms with Crippen LogP contribution in [0.15, 0.2) is 23.6 Å². The number of allylic oxidation sites excluding steroid dienone is 1. The van der Waals surface area contributed by atoms with Gasteiger partial charge in [-0.15, -0.1) is 23.1 Å². The van der Waals surface area contributed by atoms with E-state index in [1.807, 2.05) is 17.8 Å². The lowest BCUT2D eigenvalue weighted by molar-refractivity contribution is 0.0702. The van der Waals surface area contributed by atoms with Crippen LogP contribution >= 0.6 is 23.1 Å². The van der Waals surface area contributed by atoms with E-state index >= 15 is 0 Å². The van der Waals surface area contributed by atoms with Gasteiger partial charge in [-0.05, 0) is 29.7 Å². The van der Waals surface area contributed by atoms with Gasteiger partial charge in [-0.25, -0.2) is 4.79 Å². The molecule has 1 aromatic rings. The van der Waals surface area contributed by atoms with E-state index in [2.05, 4.69) is 18.4 Å². The van der Waals surface area contributed by atoms with Crippen molar-refractivity contribution in [3.63, 3.8) is 0 Å². The fourth-order valence-electron chi connectivity index (χ4n) is 1.34. The number of aromatic carboxylic acids is 1. The molecule has 0 saturated carbocycles. The Morgan fingerprint density at radius 1 is 1.47 bits per heavy atom. The number of thioether (sulfide) groups is 1. The molecular weight excluding hydrogens is 252 g/mol. The highest BCUT2D eigenvalue weighted by Gasteiger charge is 2.05. The molecule has 0 atom stereocenters. The molecule has 0 unspecified atom stereocenters. The molecular formula is C13H18O2S2. The first-order valence-corrected chi connectivity index (χ1v) is 7.69. The molecule has 17 heavy (non-hydrogen) atoms. The predicted molar refractivity (Wildman–Crippen MR) is 76.1 cm³/mol. The van der Waals surface area contributed by atoms with Gasteiger partial charge in [0.15, 0.2) is 0 Å². The summed E-state index contributed by atoms with van der Waals surface area (Å²) in [6.45, 7) is 2.21. The number of carbonyl (C=O) groups is 1. The Labute approximate surface area is 111 Å². The van der Waals surface area contributed by atoms with E-state index in [9.17, 15) is 4.79 Å². The summed E-state index contributed by atoms with van der Waals surface area (Å²) in [7, 11) is 0. The van der Waals surface area contributed by atoms with Crippen molar-refractivity contribution in [3.8, 4) is 0 Å². The van der Waals surface area contributed by atoms with Crippen LogP contribution in [0.3, 0.4) is 0 Å². The van der Waals surface area contributed by atoms with Crippen LogP contribution in [0.1, 0.15) is 40.7 Å². The van der Waals surface area contributed by atoms with Gasteiger partial charge in [0.2, 0.25) is 0 Å². The third-order valence-corrected chi connectivity index (χ3v) is 4.25. The number of carboxylic acids is 1. The molecule has 0 aliphatic heterocycles. The van der Waals surface area contributed by atoms with Gasteiger partial charge in [-0.2, -0.15) is 0 Å². The number of thiophene rings is 1. The van der Waals surface area contributed by atoms with Crippen molar-refractivity contribution in [2.24, 2.45) is 0 Å². The molecule has 2 nitrogen and oxygen atoms in total. The first-order valence-electron chi connectivity index (χ1n) is 5.82. The standard InChI is InChI=1S/C13H18O2S2/c1-2-3-4-9-16-10-5-6-11-7-8-12(17-11)13(14)15/h5,7-8,10H,2-4,6,9H2,1H3,(H,14,15). The number of unbranched alkanes of at least 4 members (excludes halogenated alkanes) is 2. The molecule has 1 heterocycles. The summed E-state index contributed by atoms with van der Waals surface area (Å²) >= 11 is 3.19. The summed E-state index contributed by atoms with van der Waals surface area (Å²) in [6.07, 6.45) is 6.77. The van der Waals surface area contributed by atoms with Crippen LogP contribution < -0.4 is 0 Å². The number of hydrogen-bond acceptors (Lipinski definition) is 3. The highest BCUT2D eigenvalue weighted by atomic mass is 32.2. The van der Waals surface area contributed by atoms with Crippen LogP contribution in [-0.4, -0.2) is 16.8 Å². The highest BCUT2D eigenvalue weighted by Crippen LogP contribution is 2.18. The molecule has 0 bridgehead atoms. The Bertz CT molecular complexity index is 369. The molecule has 0 spiro atoms. The minimum absolute atomic E-state index is 0.420. The van der Waals surface area contributed by atoms with Crippen molar-refractivity contribution < 1.29 is 9.90 Å². The van der Waals surface area contributed by atoms with E-state index < -0.39 is 5.97 Å². The van der Waals surface area contributed by atoms with Crippen molar-refractivity contribution >= 4 is 29.1 Å². The minimum Gasteiger partial charge on any atom is -0.477 e. The number of hydrogen-bond donors (Lipinski definition) is 1. The maximum Gasteiger partial charge on any atom is 0.345 e. The maximum absolute atomic E-state index is 10.7. The monoisotopic (exact) mass is 270 g/mol. The van der Waals surface area contributed by atoms with Crippen molar-refractivity contribution in [1.82, 2.24) is 0 Å². The van der Waals surface area contributed by atoms with Gasteiger partial charge in [-0.3, -0.25) is 0 Å². The van der Waals surface area contributed by atoms with Gasteiger partial charge < -0.3 is 5.11 Å². The molecule has 0 amide bonds. The minimum atomic E-state index is -0.834. The summed E-state index contributed by atoms with van der Waals surface area (Å²) in [5.74, 6) is 0.342. The lowest BCUT2D eigenvalue weighted by Gasteiger charge is -1.94. The Kier molecular flexibility index (Phi) is 7.05. The topological polar surface area (TPSA) is 37.3 Å². The Hall–Kier alpha value is -0.740. The zero-order chi connectivity index (χ0) is 12.5. The van der Waals surface area contributed by atoms with Gasteiger partial charge in [0.05, 0.1) is 0 Å². The predicted octanol–water partition coefficient (Wildman–Crippen LogP) is 4.43. The average molecular weight is 270 g/mol. The van der Waals surface area contributed by atoms with E-state index in [4.69, 9.17) is 5.11 Å². The van der Waals surface area contributed by atoms with E-state index in [-0.39, 0.29) is 0 Å². The van der Waals surface area contributed by atoms with Gasteiger partial charge in [-0.1, -0.05) is 25.8 Å². The quantitative estimate of drug-likeness (QED) is 0.710. The summed E-state index contributed by atoms with van der Waals surface area (Å²) in [5.41, 5.74) is 0. The number of carboxylic acid groups (broad SMARTS) is 1. The largest absolute Gasteiger partial charge is 0.477 e. The van der Waals surface area contributed by atoms with Crippen LogP contribution in [0, 0.1) is 0 Å². The van der Waals surface area contributed by atoms with Gasteiger partial charge in [0.25, 0.3) is 0 Å². The molecule has 1 rings (SSSR count). The summed E-state index contributed by atoms with van der Waals surface area (Å²) in [5, 5.41) is 10.9. The van der Waals surface area contributed by atoms with Crippen LogP contribution in [0.4, 0.5) is 0 Å². The Balaban J connectivity index is 2.20. The molecule has 1 N–H and O–H groups in total. The Morgan fingerprint density at radius 3 is 2.94 bits per heavy atom. The second kappa shape index (κ2) is 8.37. The second-order valence-corrected chi connectivity index (χ2v) is 5.91. The van der Waals surface area contributed by atoms with Gasteiger partial charge in [0.1, 0.15) is 4.88 Å². The van der Waals surface area contributed by atoms with Crippen LogP contribution in [0.5, 0.6) is 0 Å². The molecule has 0 aliphatic carbocycles. The van der Waals surface area contributed by atoms with Gasteiger partial charge in [0, 0.05) is 11.3 Å². The highest BCUT2D eigenvalue weighted by molar-refractivity contribution is 8.02. The first kappa shape index (κ1) is 14.3. The molecule has 1 aromatic heterocycles. The van der Waals surface area contributed by atoms with Gasteiger partial charge >= 0.3 is 5.97 Å². The lowest BCUT2D eigenvalue weighted by Crippen LogP contribution is -1.89. The fraction of sp³-hybridized carbons (Fsp3) is 0.462. The van der Waals surface area contributed by atoms with Crippen LogP contribution in [0.2, 0.25) is 0 Å².